The number of nitrogens with zero attached hydrogens (tertiary/aromatic N) is 2. The zero-order chi connectivity index (χ0) is 21.4. The quantitative estimate of drug-likeness (QED) is 0.313. The van der Waals surface area contributed by atoms with Crippen molar-refractivity contribution in [1.29, 1.82) is 5.26 Å². The second kappa shape index (κ2) is 7.64. The van der Waals surface area contributed by atoms with Crippen molar-refractivity contribution in [2.45, 2.75) is 6.10 Å². The van der Waals surface area contributed by atoms with E-state index in [1.54, 1.807) is 12.1 Å². The first-order valence-corrected chi connectivity index (χ1v) is 9.73. The molecule has 0 aliphatic carbocycles. The molecule has 3 heterocycles. The number of fused-ring (bicyclic) bond motifs is 2. The fourth-order valence-electron chi connectivity index (χ4n) is 3.20. The van der Waals surface area contributed by atoms with Gasteiger partial charge >= 0.3 is 0 Å². The summed E-state index contributed by atoms with van der Waals surface area (Å²) in [5, 5.41) is 32.8. The molecule has 0 saturated heterocycles. The van der Waals surface area contributed by atoms with Gasteiger partial charge in [0.2, 0.25) is 0 Å². The Bertz CT molecular complexity index is 1290. The van der Waals surface area contributed by atoms with E-state index in [1.165, 1.54) is 0 Å². The van der Waals surface area contributed by atoms with Crippen LogP contribution in [0.1, 0.15) is 15.2 Å². The van der Waals surface area contributed by atoms with Crippen molar-refractivity contribution in [2.24, 2.45) is 5.73 Å². The molecule has 152 valence electrons. The number of aliphatic hydroxyl groups is 2. The number of pyridine rings is 1. The largest absolute Gasteiger partial charge is 0.456 e. The maximum absolute atomic E-state index is 11.8. The van der Waals surface area contributed by atoms with E-state index in [2.05, 4.69) is 16.4 Å². The Labute approximate surface area is 174 Å². The summed E-state index contributed by atoms with van der Waals surface area (Å²) in [4.78, 5) is 16.8. The van der Waals surface area contributed by atoms with Crippen molar-refractivity contribution >= 4 is 49.9 Å². The van der Waals surface area contributed by atoms with Crippen LogP contribution in [0.5, 0.6) is 0 Å². The Morgan fingerprint density at radius 2 is 2.17 bits per heavy atom. The van der Waals surface area contributed by atoms with Gasteiger partial charge in [-0.15, -0.1) is 11.3 Å². The number of benzene rings is 1. The normalized spacial score (nSPS) is 12.2. The molecular weight excluding hydrogens is 406 g/mol. The van der Waals surface area contributed by atoms with Gasteiger partial charge in [0.25, 0.3) is 5.91 Å². The number of hydrogen-bond donors (Lipinski definition) is 5. The van der Waals surface area contributed by atoms with Crippen LogP contribution in [-0.4, -0.2) is 40.4 Å². The summed E-state index contributed by atoms with van der Waals surface area (Å²) >= 11 is 1.01. The number of anilines is 2. The van der Waals surface area contributed by atoms with Gasteiger partial charge in [-0.2, -0.15) is 5.26 Å². The van der Waals surface area contributed by atoms with Crippen molar-refractivity contribution in [3.8, 4) is 17.4 Å². The lowest BCUT2D eigenvalue weighted by molar-refractivity contribution is 0.100. The number of hydrogen-bond acceptors (Lipinski definition) is 9. The highest BCUT2D eigenvalue weighted by atomic mass is 32.1. The third-order valence-corrected chi connectivity index (χ3v) is 5.71. The van der Waals surface area contributed by atoms with Crippen LogP contribution in [0.25, 0.3) is 32.5 Å². The van der Waals surface area contributed by atoms with Crippen molar-refractivity contribution in [1.82, 2.24) is 4.98 Å². The van der Waals surface area contributed by atoms with Crippen LogP contribution in [0, 0.1) is 11.3 Å². The first kappa shape index (κ1) is 19.7. The van der Waals surface area contributed by atoms with Crippen LogP contribution in [0.15, 0.2) is 34.7 Å². The van der Waals surface area contributed by atoms with Crippen LogP contribution >= 0.6 is 11.3 Å². The molecule has 1 atom stereocenters. The molecule has 0 saturated carbocycles. The predicted molar refractivity (Wildman–Crippen MR) is 114 cm³/mol. The summed E-state index contributed by atoms with van der Waals surface area (Å²) in [6.45, 7) is -0.488. The summed E-state index contributed by atoms with van der Waals surface area (Å²) < 4.78 is 5.97. The van der Waals surface area contributed by atoms with Crippen LogP contribution in [0.3, 0.4) is 0 Å². The number of carbonyl (C=O) groups is 1. The van der Waals surface area contributed by atoms with Crippen LogP contribution in [0.2, 0.25) is 0 Å². The molecule has 0 bridgehead atoms. The van der Waals surface area contributed by atoms with E-state index in [0.717, 1.165) is 16.7 Å². The Hall–Kier alpha value is -3.65. The fraction of sp³-hybridized carbons (Fsp3) is 0.150. The molecule has 4 aromatic rings. The zero-order valence-electron chi connectivity index (χ0n) is 15.5. The number of para-hydroxylation sites is 1. The summed E-state index contributed by atoms with van der Waals surface area (Å²) in [6.07, 6.45) is -1.04. The molecule has 0 spiro atoms. The van der Waals surface area contributed by atoms with E-state index in [0.29, 0.717) is 27.1 Å². The van der Waals surface area contributed by atoms with Crippen molar-refractivity contribution < 1.29 is 19.4 Å². The molecule has 7 N–H and O–H groups in total. The molecule has 0 fully saturated rings. The van der Waals surface area contributed by atoms with E-state index >= 15 is 0 Å². The fourth-order valence-corrected chi connectivity index (χ4v) is 4.16. The molecule has 0 aliphatic rings. The van der Waals surface area contributed by atoms with E-state index in [9.17, 15) is 15.2 Å². The van der Waals surface area contributed by atoms with E-state index in [1.807, 2.05) is 18.2 Å². The van der Waals surface area contributed by atoms with Gasteiger partial charge in [0.15, 0.2) is 0 Å². The van der Waals surface area contributed by atoms with E-state index < -0.39 is 18.6 Å². The molecule has 30 heavy (non-hydrogen) atoms. The summed E-state index contributed by atoms with van der Waals surface area (Å²) in [5.41, 5.74) is 12.9. The Morgan fingerprint density at radius 1 is 1.40 bits per heavy atom. The number of thiophene rings is 1. The lowest BCUT2D eigenvalue weighted by Crippen LogP contribution is -2.23. The van der Waals surface area contributed by atoms with Crippen molar-refractivity contribution in [3.05, 3.63) is 40.8 Å². The SMILES string of the molecule is N#Cc1c(NCC(O)CO)nc2sc(C(N)=O)c(N)c2c1-c1cc2ccccc2o1. The predicted octanol–water partition coefficient (Wildman–Crippen LogP) is 2.03. The second-order valence-electron chi connectivity index (χ2n) is 6.58. The number of nitrogens with two attached hydrogens (primary N) is 2. The van der Waals surface area contributed by atoms with Crippen LogP contribution < -0.4 is 16.8 Å². The van der Waals surface area contributed by atoms with Gasteiger partial charge in [-0.1, -0.05) is 18.2 Å². The maximum atomic E-state index is 11.8. The van der Waals surface area contributed by atoms with Gasteiger partial charge in [0.1, 0.15) is 38.5 Å². The minimum absolute atomic E-state index is 0.0349. The highest BCUT2D eigenvalue weighted by Crippen LogP contribution is 2.44. The molecule has 1 unspecified atom stereocenters. The molecule has 3 aromatic heterocycles. The number of nitrogens with one attached hydrogen (secondary N) is 1. The molecule has 1 amide bonds. The average molecular weight is 423 g/mol. The van der Waals surface area contributed by atoms with Crippen LogP contribution in [0.4, 0.5) is 11.5 Å². The second-order valence-corrected chi connectivity index (χ2v) is 7.58. The summed E-state index contributed by atoms with van der Waals surface area (Å²) in [5.74, 6) is -0.147. The molecular formula is C20H17N5O4S. The van der Waals surface area contributed by atoms with Crippen molar-refractivity contribution in [3.63, 3.8) is 0 Å². The average Bonchev–Trinajstić information content (AvgIpc) is 3.31. The van der Waals surface area contributed by atoms with Crippen LogP contribution in [-0.2, 0) is 0 Å². The van der Waals surface area contributed by atoms with Gasteiger partial charge in [-0.25, -0.2) is 4.98 Å². The molecule has 10 heteroatoms. The summed E-state index contributed by atoms with van der Waals surface area (Å²) in [7, 11) is 0. The Balaban J connectivity index is 2.03. The number of furan rings is 1. The lowest BCUT2D eigenvalue weighted by atomic mass is 10.0. The lowest BCUT2D eigenvalue weighted by Gasteiger charge is -2.13. The Morgan fingerprint density at radius 3 is 2.83 bits per heavy atom. The first-order chi connectivity index (χ1) is 14.4. The first-order valence-electron chi connectivity index (χ1n) is 8.92. The highest BCUT2D eigenvalue weighted by Gasteiger charge is 2.26. The Kier molecular flexibility index (Phi) is 5.01. The van der Waals surface area contributed by atoms with Gasteiger partial charge in [0.05, 0.1) is 24.0 Å². The van der Waals surface area contributed by atoms with Gasteiger partial charge in [-0.05, 0) is 12.1 Å². The molecule has 4 rings (SSSR count). The van der Waals surface area contributed by atoms with E-state index in [-0.39, 0.29) is 28.5 Å². The topological polar surface area (TPSA) is 171 Å². The number of aromatic nitrogens is 1. The minimum Gasteiger partial charge on any atom is -0.456 e. The monoisotopic (exact) mass is 423 g/mol. The highest BCUT2D eigenvalue weighted by molar-refractivity contribution is 7.21. The van der Waals surface area contributed by atoms with Crippen molar-refractivity contribution in [2.75, 3.05) is 24.2 Å². The smallest absolute Gasteiger partial charge is 0.260 e. The molecule has 9 nitrogen and oxygen atoms in total. The minimum atomic E-state index is -1.04. The standard InChI is InChI=1S/C20H17N5O4S/c21-6-11-14(13-5-9-3-1-2-4-12(9)29-13)15-16(22)17(18(23)28)30-20(15)25-19(11)24-7-10(27)8-26/h1-5,10,26-27H,7-8,22H2,(H2,23,28)(H,24,25). The number of primary amides is 1. The third kappa shape index (κ3) is 3.21. The van der Waals surface area contributed by atoms with E-state index in [4.69, 9.17) is 21.0 Å². The summed E-state index contributed by atoms with van der Waals surface area (Å²) in [6, 6.07) is 11.2. The number of amides is 1. The number of rotatable bonds is 6. The number of aliphatic hydroxyl groups excluding tert-OH is 2. The third-order valence-electron chi connectivity index (χ3n) is 4.60. The van der Waals surface area contributed by atoms with Gasteiger partial charge < -0.3 is 31.4 Å². The number of nitriles is 1. The molecule has 0 aliphatic heterocycles. The molecule has 1 aromatic carbocycles. The number of carbonyl (C=O) groups excluding carboxylic acids is 1. The molecule has 0 radical (unpaired) electrons. The maximum Gasteiger partial charge on any atom is 0.260 e. The van der Waals surface area contributed by atoms with Gasteiger partial charge in [0, 0.05) is 17.3 Å². The van der Waals surface area contributed by atoms with Gasteiger partial charge in [-0.3, -0.25) is 4.79 Å². The number of nitrogen functional groups attached to an aromatic ring is 1. The zero-order valence-corrected chi connectivity index (χ0v) is 16.4.